The summed E-state index contributed by atoms with van der Waals surface area (Å²) in [6.45, 7) is 5.70. The number of hydrogen-bond acceptors (Lipinski definition) is 2. The van der Waals surface area contributed by atoms with Crippen molar-refractivity contribution < 1.29 is 5.11 Å². The van der Waals surface area contributed by atoms with Crippen LogP contribution in [0.1, 0.15) is 84.5 Å². The van der Waals surface area contributed by atoms with Gasteiger partial charge in [-0.3, -0.25) is 0 Å². The van der Waals surface area contributed by atoms with E-state index in [0.717, 1.165) is 18.9 Å². The molecule has 1 fully saturated rings. The molecule has 1 N–H and O–H groups in total. The number of likely N-dealkylation sites (N-methyl/N-ethyl adjacent to an activating group) is 1. The van der Waals surface area contributed by atoms with E-state index in [1.54, 1.807) is 0 Å². The second-order valence-corrected chi connectivity index (χ2v) is 6.99. The van der Waals surface area contributed by atoms with Gasteiger partial charge in [0.05, 0.1) is 6.10 Å². The minimum absolute atomic E-state index is 0.122. The number of rotatable bonds is 4. The van der Waals surface area contributed by atoms with E-state index in [1.165, 1.54) is 64.2 Å². The molecule has 3 unspecified atom stereocenters. The third-order valence-electron chi connectivity index (χ3n) is 5.06. The van der Waals surface area contributed by atoms with Gasteiger partial charge in [-0.15, -0.1) is 0 Å². The van der Waals surface area contributed by atoms with Gasteiger partial charge in [0, 0.05) is 12.6 Å². The van der Waals surface area contributed by atoms with Crippen LogP contribution in [0.3, 0.4) is 0 Å². The molecule has 0 saturated heterocycles. The third-order valence-corrected chi connectivity index (χ3v) is 5.06. The maximum absolute atomic E-state index is 10.6. The zero-order chi connectivity index (χ0) is 14.8. The molecule has 2 heteroatoms. The van der Waals surface area contributed by atoms with Crippen LogP contribution in [0.2, 0.25) is 0 Å². The van der Waals surface area contributed by atoms with Crippen molar-refractivity contribution in [3.05, 3.63) is 0 Å². The first-order valence-electron chi connectivity index (χ1n) is 9.03. The lowest BCUT2D eigenvalue weighted by atomic mass is 9.94. The van der Waals surface area contributed by atoms with Crippen LogP contribution in [0.5, 0.6) is 0 Å². The fourth-order valence-electron chi connectivity index (χ4n) is 3.42. The Morgan fingerprint density at radius 3 is 2.00 bits per heavy atom. The summed E-state index contributed by atoms with van der Waals surface area (Å²) in [6, 6.07) is 0.378. The number of aliphatic hydroxyl groups is 1. The maximum Gasteiger partial charge on any atom is 0.0695 e. The van der Waals surface area contributed by atoms with Crippen molar-refractivity contribution in [3.8, 4) is 0 Å². The molecule has 1 aliphatic carbocycles. The summed E-state index contributed by atoms with van der Waals surface area (Å²) in [5.41, 5.74) is 0. The highest BCUT2D eigenvalue weighted by molar-refractivity contribution is 4.78. The van der Waals surface area contributed by atoms with E-state index in [1.807, 2.05) is 0 Å². The average molecular weight is 283 g/mol. The highest BCUT2D eigenvalue weighted by atomic mass is 16.3. The predicted octanol–water partition coefficient (Wildman–Crippen LogP) is 4.61. The molecule has 0 aromatic carbocycles. The monoisotopic (exact) mass is 283 g/mol. The van der Waals surface area contributed by atoms with Gasteiger partial charge in [-0.1, -0.05) is 71.6 Å². The molecule has 0 aliphatic heterocycles. The van der Waals surface area contributed by atoms with Crippen LogP contribution in [0.25, 0.3) is 0 Å². The molecule has 20 heavy (non-hydrogen) atoms. The number of aliphatic hydroxyl groups excluding tert-OH is 1. The van der Waals surface area contributed by atoms with Gasteiger partial charge in [-0.2, -0.15) is 0 Å². The molecule has 3 atom stereocenters. The van der Waals surface area contributed by atoms with Crippen LogP contribution in [0.15, 0.2) is 0 Å². The fraction of sp³-hybridized carbons (Fsp3) is 1.00. The van der Waals surface area contributed by atoms with E-state index in [2.05, 4.69) is 25.8 Å². The highest BCUT2D eigenvalue weighted by Crippen LogP contribution is 2.21. The van der Waals surface area contributed by atoms with Gasteiger partial charge in [0.2, 0.25) is 0 Å². The van der Waals surface area contributed by atoms with Crippen LogP contribution in [0.4, 0.5) is 0 Å². The fourth-order valence-corrected chi connectivity index (χ4v) is 3.42. The summed E-state index contributed by atoms with van der Waals surface area (Å²) in [7, 11) is 2.21. The van der Waals surface area contributed by atoms with Crippen LogP contribution in [-0.4, -0.2) is 35.7 Å². The molecule has 0 amide bonds. The molecule has 0 aromatic rings. The molecule has 120 valence electrons. The van der Waals surface area contributed by atoms with Crippen molar-refractivity contribution in [1.82, 2.24) is 4.90 Å². The van der Waals surface area contributed by atoms with E-state index in [9.17, 15) is 5.11 Å². The Labute approximate surface area is 126 Å². The highest BCUT2D eigenvalue weighted by Gasteiger charge is 2.23. The molecule has 0 spiro atoms. The van der Waals surface area contributed by atoms with Gasteiger partial charge in [-0.05, 0) is 25.8 Å². The summed E-state index contributed by atoms with van der Waals surface area (Å²) < 4.78 is 0. The zero-order valence-corrected chi connectivity index (χ0v) is 14.1. The molecular formula is C18H37NO. The first-order chi connectivity index (χ1) is 9.65. The van der Waals surface area contributed by atoms with E-state index in [0.29, 0.717) is 6.04 Å². The molecule has 1 rings (SSSR count). The quantitative estimate of drug-likeness (QED) is 0.814. The summed E-state index contributed by atoms with van der Waals surface area (Å²) in [5, 5.41) is 10.6. The van der Waals surface area contributed by atoms with E-state index < -0.39 is 0 Å². The van der Waals surface area contributed by atoms with Gasteiger partial charge >= 0.3 is 0 Å². The van der Waals surface area contributed by atoms with Crippen molar-refractivity contribution in [2.45, 2.75) is 96.6 Å². The maximum atomic E-state index is 10.6. The predicted molar refractivity (Wildman–Crippen MR) is 88.0 cm³/mol. The van der Waals surface area contributed by atoms with E-state index in [4.69, 9.17) is 0 Å². The molecule has 1 saturated carbocycles. The van der Waals surface area contributed by atoms with Crippen molar-refractivity contribution in [3.63, 3.8) is 0 Å². The molecule has 1 aliphatic rings. The Kier molecular flexibility index (Phi) is 9.54. The Morgan fingerprint density at radius 2 is 1.45 bits per heavy atom. The average Bonchev–Trinajstić information content (AvgIpc) is 2.42. The van der Waals surface area contributed by atoms with Crippen LogP contribution >= 0.6 is 0 Å². The largest absolute Gasteiger partial charge is 0.391 e. The summed E-state index contributed by atoms with van der Waals surface area (Å²) in [4.78, 5) is 2.44. The smallest absolute Gasteiger partial charge is 0.0695 e. The van der Waals surface area contributed by atoms with Crippen molar-refractivity contribution in [2.24, 2.45) is 5.92 Å². The second kappa shape index (κ2) is 10.6. The summed E-state index contributed by atoms with van der Waals surface area (Å²) in [5.74, 6) is 0.730. The van der Waals surface area contributed by atoms with Gasteiger partial charge in [0.25, 0.3) is 0 Å². The second-order valence-electron chi connectivity index (χ2n) is 6.99. The molecule has 2 nitrogen and oxygen atoms in total. The lowest BCUT2D eigenvalue weighted by Gasteiger charge is -2.34. The van der Waals surface area contributed by atoms with E-state index >= 15 is 0 Å². The Bertz CT molecular complexity index is 231. The topological polar surface area (TPSA) is 23.5 Å². The minimum Gasteiger partial charge on any atom is -0.391 e. The van der Waals surface area contributed by atoms with Crippen LogP contribution in [-0.2, 0) is 0 Å². The number of nitrogens with zero attached hydrogens (tertiary/aromatic N) is 1. The van der Waals surface area contributed by atoms with Crippen LogP contribution < -0.4 is 0 Å². The molecule has 0 aromatic heterocycles. The third kappa shape index (κ3) is 7.08. The van der Waals surface area contributed by atoms with E-state index in [-0.39, 0.29) is 6.10 Å². The van der Waals surface area contributed by atoms with Crippen molar-refractivity contribution >= 4 is 0 Å². The Balaban J connectivity index is 2.51. The first kappa shape index (κ1) is 18.0. The minimum atomic E-state index is -0.122. The first-order valence-corrected chi connectivity index (χ1v) is 9.03. The van der Waals surface area contributed by atoms with Gasteiger partial charge < -0.3 is 10.0 Å². The molecule has 0 radical (unpaired) electrons. The Hall–Kier alpha value is -0.0800. The molecule has 0 bridgehead atoms. The van der Waals surface area contributed by atoms with Gasteiger partial charge in [0.15, 0.2) is 0 Å². The van der Waals surface area contributed by atoms with Gasteiger partial charge in [-0.25, -0.2) is 0 Å². The Morgan fingerprint density at radius 1 is 0.950 bits per heavy atom. The molecule has 0 heterocycles. The molecular weight excluding hydrogens is 246 g/mol. The lowest BCUT2D eigenvalue weighted by molar-refractivity contribution is 0.0420. The lowest BCUT2D eigenvalue weighted by Crippen LogP contribution is -2.43. The van der Waals surface area contributed by atoms with Crippen molar-refractivity contribution in [1.29, 1.82) is 0 Å². The summed E-state index contributed by atoms with van der Waals surface area (Å²) in [6.07, 6.45) is 14.0. The normalized spacial score (nSPS) is 28.6. The number of hydrogen-bond donors (Lipinski definition) is 1. The van der Waals surface area contributed by atoms with Crippen LogP contribution in [0, 0.1) is 5.92 Å². The SMILES string of the molecule is CCC(C)CN(C)C1CCCCCCCCCCC1O. The standard InChI is InChI=1S/C18H37NO/c1-4-16(2)15-19(3)17-13-11-9-7-5-6-8-10-12-14-18(17)20/h16-18,20H,4-15H2,1-3H3. The summed E-state index contributed by atoms with van der Waals surface area (Å²) >= 11 is 0. The zero-order valence-electron chi connectivity index (χ0n) is 14.1. The van der Waals surface area contributed by atoms with Crippen molar-refractivity contribution in [2.75, 3.05) is 13.6 Å². The van der Waals surface area contributed by atoms with Gasteiger partial charge in [0.1, 0.15) is 0 Å².